The lowest BCUT2D eigenvalue weighted by molar-refractivity contribution is 0.218. The predicted octanol–water partition coefficient (Wildman–Crippen LogP) is 3.24. The van der Waals surface area contributed by atoms with Gasteiger partial charge in [-0.05, 0) is 23.6 Å². The van der Waals surface area contributed by atoms with Gasteiger partial charge in [-0.1, -0.05) is 38.3 Å². The molecule has 0 aromatic heterocycles. The number of rotatable bonds is 5. The van der Waals surface area contributed by atoms with Crippen molar-refractivity contribution in [1.29, 1.82) is 0 Å². The molecule has 0 aliphatic carbocycles. The van der Waals surface area contributed by atoms with E-state index in [2.05, 4.69) is 18.3 Å². The Labute approximate surface area is 115 Å². The van der Waals surface area contributed by atoms with Gasteiger partial charge in [-0.2, -0.15) is 0 Å². The van der Waals surface area contributed by atoms with Crippen LogP contribution in [0.15, 0.2) is 18.2 Å². The maximum Gasteiger partial charge on any atom is 0.321 e. The fourth-order valence-corrected chi connectivity index (χ4v) is 2.42. The molecule has 1 unspecified atom stereocenters. The molecule has 1 atom stereocenters. The number of nitrogens with one attached hydrogen (secondary N) is 1. The summed E-state index contributed by atoms with van der Waals surface area (Å²) in [6, 6.07) is 6.17. The summed E-state index contributed by atoms with van der Waals surface area (Å²) in [7, 11) is 1.80. The second-order valence-corrected chi connectivity index (χ2v) is 5.31. The minimum atomic E-state index is -0.0486. The van der Waals surface area contributed by atoms with Gasteiger partial charge in [-0.15, -0.1) is 0 Å². The quantitative estimate of drug-likeness (QED) is 0.799. The largest absolute Gasteiger partial charge is 0.324 e. The Bertz CT molecular complexity index is 459. The number of fused-ring (bicyclic) bond motifs is 1. The molecule has 4 heteroatoms. The molecule has 0 fully saturated rings. The van der Waals surface area contributed by atoms with Crippen molar-refractivity contribution in [3.8, 4) is 0 Å². The standard InChI is InChI=1S/C15H23N3O/c1-3-4-5-6-13(16)11-7-8-14-12(9-11)10-18(2)15(19)17-14/h7-9,13H,3-6,10,16H2,1-2H3,(H,17,19). The number of nitrogens with zero attached hydrogens (tertiary/aromatic N) is 1. The predicted molar refractivity (Wildman–Crippen MR) is 78.0 cm³/mol. The van der Waals surface area contributed by atoms with Gasteiger partial charge in [0.1, 0.15) is 0 Å². The van der Waals surface area contributed by atoms with Gasteiger partial charge in [0.05, 0.1) is 0 Å². The SMILES string of the molecule is CCCCCC(N)c1ccc2c(c1)CN(C)C(=O)N2. The topological polar surface area (TPSA) is 58.4 Å². The molecule has 1 heterocycles. The van der Waals surface area contributed by atoms with Gasteiger partial charge in [0.2, 0.25) is 0 Å². The number of benzene rings is 1. The third-order valence-corrected chi connectivity index (χ3v) is 3.67. The molecule has 19 heavy (non-hydrogen) atoms. The Morgan fingerprint density at radius 1 is 1.42 bits per heavy atom. The monoisotopic (exact) mass is 261 g/mol. The number of carbonyl (C=O) groups is 1. The number of unbranched alkanes of at least 4 members (excludes halogenated alkanes) is 2. The molecular weight excluding hydrogens is 238 g/mol. The first-order chi connectivity index (χ1) is 9.11. The molecule has 0 radical (unpaired) electrons. The van der Waals surface area contributed by atoms with Crippen LogP contribution in [-0.4, -0.2) is 18.0 Å². The molecule has 0 saturated carbocycles. The fraction of sp³-hybridized carbons (Fsp3) is 0.533. The highest BCUT2D eigenvalue weighted by molar-refractivity contribution is 5.92. The van der Waals surface area contributed by atoms with Crippen molar-refractivity contribution in [3.05, 3.63) is 29.3 Å². The van der Waals surface area contributed by atoms with Crippen LogP contribution in [0.25, 0.3) is 0 Å². The van der Waals surface area contributed by atoms with E-state index in [1.807, 2.05) is 12.1 Å². The maximum absolute atomic E-state index is 11.5. The Morgan fingerprint density at radius 3 is 2.95 bits per heavy atom. The third-order valence-electron chi connectivity index (χ3n) is 3.67. The maximum atomic E-state index is 11.5. The lowest BCUT2D eigenvalue weighted by Gasteiger charge is -2.27. The van der Waals surface area contributed by atoms with Crippen molar-refractivity contribution < 1.29 is 4.79 Å². The fourth-order valence-electron chi connectivity index (χ4n) is 2.42. The van der Waals surface area contributed by atoms with E-state index in [-0.39, 0.29) is 12.1 Å². The zero-order chi connectivity index (χ0) is 13.8. The van der Waals surface area contributed by atoms with Crippen LogP contribution < -0.4 is 11.1 Å². The molecule has 0 saturated heterocycles. The zero-order valence-electron chi connectivity index (χ0n) is 11.8. The smallest absolute Gasteiger partial charge is 0.321 e. The minimum absolute atomic E-state index is 0.0486. The van der Waals surface area contributed by atoms with E-state index in [0.29, 0.717) is 6.54 Å². The molecule has 1 aliphatic rings. The first-order valence-corrected chi connectivity index (χ1v) is 7.02. The molecule has 2 amide bonds. The van der Waals surface area contributed by atoms with Crippen LogP contribution in [-0.2, 0) is 6.54 Å². The number of anilines is 1. The Morgan fingerprint density at radius 2 is 2.21 bits per heavy atom. The molecular formula is C15H23N3O. The van der Waals surface area contributed by atoms with Gasteiger partial charge in [-0.3, -0.25) is 0 Å². The highest BCUT2D eigenvalue weighted by Crippen LogP contribution is 2.27. The number of carbonyl (C=O) groups excluding carboxylic acids is 1. The van der Waals surface area contributed by atoms with Crippen LogP contribution >= 0.6 is 0 Å². The van der Waals surface area contributed by atoms with Gasteiger partial charge in [0.25, 0.3) is 0 Å². The highest BCUT2D eigenvalue weighted by Gasteiger charge is 2.20. The third kappa shape index (κ3) is 3.26. The van der Waals surface area contributed by atoms with Gasteiger partial charge >= 0.3 is 6.03 Å². The molecule has 3 N–H and O–H groups in total. The van der Waals surface area contributed by atoms with Crippen molar-refractivity contribution in [2.24, 2.45) is 5.73 Å². The van der Waals surface area contributed by atoms with Crippen molar-refractivity contribution >= 4 is 11.7 Å². The van der Waals surface area contributed by atoms with Crippen molar-refractivity contribution in [3.63, 3.8) is 0 Å². The Balaban J connectivity index is 2.08. The molecule has 1 aliphatic heterocycles. The van der Waals surface area contributed by atoms with Crippen LogP contribution in [0.1, 0.15) is 49.8 Å². The Hall–Kier alpha value is -1.55. The van der Waals surface area contributed by atoms with Crippen LogP contribution in [0, 0.1) is 0 Å². The normalized spacial score (nSPS) is 15.9. The molecule has 0 bridgehead atoms. The van der Waals surface area contributed by atoms with E-state index in [9.17, 15) is 4.79 Å². The molecule has 1 aromatic carbocycles. The first-order valence-electron chi connectivity index (χ1n) is 7.02. The van der Waals surface area contributed by atoms with E-state index in [4.69, 9.17) is 5.73 Å². The van der Waals surface area contributed by atoms with Gasteiger partial charge < -0.3 is 16.0 Å². The zero-order valence-corrected chi connectivity index (χ0v) is 11.8. The number of urea groups is 1. The average Bonchev–Trinajstić information content (AvgIpc) is 2.40. The molecule has 1 aromatic rings. The second-order valence-electron chi connectivity index (χ2n) is 5.31. The van der Waals surface area contributed by atoms with Crippen molar-refractivity contribution in [2.75, 3.05) is 12.4 Å². The van der Waals surface area contributed by atoms with Crippen molar-refractivity contribution in [1.82, 2.24) is 4.90 Å². The number of nitrogens with two attached hydrogens (primary N) is 1. The summed E-state index contributed by atoms with van der Waals surface area (Å²) in [5, 5.41) is 2.87. The van der Waals surface area contributed by atoms with Gasteiger partial charge in [0.15, 0.2) is 0 Å². The van der Waals surface area contributed by atoms with Gasteiger partial charge in [-0.25, -0.2) is 4.79 Å². The molecule has 104 valence electrons. The summed E-state index contributed by atoms with van der Waals surface area (Å²) in [6.45, 7) is 2.85. The summed E-state index contributed by atoms with van der Waals surface area (Å²) in [6.07, 6.45) is 4.64. The number of amides is 2. The van der Waals surface area contributed by atoms with Crippen molar-refractivity contribution in [2.45, 2.75) is 45.2 Å². The average molecular weight is 261 g/mol. The van der Waals surface area contributed by atoms with E-state index in [1.165, 1.54) is 24.8 Å². The van der Waals surface area contributed by atoms with Crippen LogP contribution in [0.2, 0.25) is 0 Å². The Kier molecular flexibility index (Phi) is 4.43. The summed E-state index contributed by atoms with van der Waals surface area (Å²) < 4.78 is 0. The van der Waals surface area contributed by atoms with Crippen LogP contribution in [0.5, 0.6) is 0 Å². The highest BCUT2D eigenvalue weighted by atomic mass is 16.2. The van der Waals surface area contributed by atoms with E-state index < -0.39 is 0 Å². The van der Waals surface area contributed by atoms with E-state index in [0.717, 1.165) is 17.7 Å². The first kappa shape index (κ1) is 13.9. The molecule has 2 rings (SSSR count). The second kappa shape index (κ2) is 6.06. The lowest BCUT2D eigenvalue weighted by Crippen LogP contribution is -2.35. The van der Waals surface area contributed by atoms with E-state index in [1.54, 1.807) is 11.9 Å². The van der Waals surface area contributed by atoms with Gasteiger partial charge in [0, 0.05) is 25.3 Å². The summed E-state index contributed by atoms with van der Waals surface area (Å²) in [4.78, 5) is 13.2. The minimum Gasteiger partial charge on any atom is -0.324 e. The van der Waals surface area contributed by atoms with Crippen LogP contribution in [0.3, 0.4) is 0 Å². The summed E-state index contributed by atoms with van der Waals surface area (Å²) in [5.74, 6) is 0. The molecule has 4 nitrogen and oxygen atoms in total. The van der Waals surface area contributed by atoms with E-state index >= 15 is 0 Å². The summed E-state index contributed by atoms with van der Waals surface area (Å²) >= 11 is 0. The lowest BCUT2D eigenvalue weighted by atomic mass is 9.98. The molecule has 0 spiro atoms. The van der Waals surface area contributed by atoms with Crippen LogP contribution in [0.4, 0.5) is 10.5 Å². The number of hydrogen-bond acceptors (Lipinski definition) is 2. The summed E-state index contributed by atoms with van der Waals surface area (Å²) in [5.41, 5.74) is 9.45. The number of hydrogen-bond donors (Lipinski definition) is 2.